The van der Waals surface area contributed by atoms with Crippen LogP contribution >= 0.6 is 43.5 Å². The number of rotatable bonds is 2. The van der Waals surface area contributed by atoms with Crippen LogP contribution in [-0.4, -0.2) is 5.91 Å². The van der Waals surface area contributed by atoms with E-state index in [1.54, 1.807) is 12.1 Å². The molecule has 1 aromatic carbocycles. The Labute approximate surface area is 125 Å². The largest absolute Gasteiger partial charge is 0.452 e. The van der Waals surface area contributed by atoms with Crippen LogP contribution in [-0.2, 0) is 0 Å². The van der Waals surface area contributed by atoms with Gasteiger partial charge in [0.25, 0.3) is 5.91 Å². The highest BCUT2D eigenvalue weighted by Crippen LogP contribution is 2.34. The van der Waals surface area contributed by atoms with Gasteiger partial charge in [-0.15, -0.1) is 0 Å². The van der Waals surface area contributed by atoms with Crippen LogP contribution in [0.1, 0.15) is 10.4 Å². The van der Waals surface area contributed by atoms with Gasteiger partial charge in [0, 0.05) is 14.6 Å². The van der Waals surface area contributed by atoms with Gasteiger partial charge in [-0.3, -0.25) is 4.79 Å². The maximum atomic E-state index is 12.0. The Bertz CT molecular complexity index is 590. The summed E-state index contributed by atoms with van der Waals surface area (Å²) < 4.78 is 6.20. The van der Waals surface area contributed by atoms with Crippen molar-refractivity contribution in [2.75, 3.05) is 11.1 Å². The third kappa shape index (κ3) is 2.71. The summed E-state index contributed by atoms with van der Waals surface area (Å²) in [5.74, 6) is -0.361. The predicted molar refractivity (Wildman–Crippen MR) is 77.9 cm³/mol. The molecule has 3 N–H and O–H groups in total. The van der Waals surface area contributed by atoms with Gasteiger partial charge in [0.05, 0.1) is 17.5 Å². The number of furan rings is 1. The van der Waals surface area contributed by atoms with E-state index in [4.69, 9.17) is 21.8 Å². The van der Waals surface area contributed by atoms with Crippen LogP contribution in [0.4, 0.5) is 11.4 Å². The summed E-state index contributed by atoms with van der Waals surface area (Å²) >= 11 is 12.4. The maximum Gasteiger partial charge on any atom is 0.260 e. The lowest BCUT2D eigenvalue weighted by Gasteiger charge is -2.10. The molecule has 0 aliphatic heterocycles. The van der Waals surface area contributed by atoms with Crippen LogP contribution in [0, 0.1) is 0 Å². The highest BCUT2D eigenvalue weighted by Gasteiger charge is 2.16. The minimum Gasteiger partial charge on any atom is -0.452 e. The van der Waals surface area contributed by atoms with Crippen molar-refractivity contribution in [3.63, 3.8) is 0 Å². The summed E-state index contributed by atoms with van der Waals surface area (Å²) in [4.78, 5) is 12.0. The summed E-state index contributed by atoms with van der Waals surface area (Å²) in [7, 11) is 0. The quantitative estimate of drug-likeness (QED) is 0.747. The van der Waals surface area contributed by atoms with E-state index in [1.807, 2.05) is 0 Å². The number of carbonyl (C=O) groups excluding carboxylic acids is 1. The van der Waals surface area contributed by atoms with Crippen molar-refractivity contribution in [1.82, 2.24) is 0 Å². The number of nitrogens with one attached hydrogen (secondary N) is 1. The van der Waals surface area contributed by atoms with Crippen molar-refractivity contribution in [2.24, 2.45) is 0 Å². The SMILES string of the molecule is Nc1cc(Br)c(NC(=O)c2ccoc2Cl)c(Br)c1. The van der Waals surface area contributed by atoms with Gasteiger partial charge in [-0.1, -0.05) is 0 Å². The Balaban J connectivity index is 2.31. The van der Waals surface area contributed by atoms with Gasteiger partial charge in [-0.2, -0.15) is 0 Å². The fourth-order valence-corrected chi connectivity index (χ4v) is 2.97. The molecule has 1 amide bonds. The zero-order valence-corrected chi connectivity index (χ0v) is 12.8. The van der Waals surface area contributed by atoms with Crippen LogP contribution in [0.3, 0.4) is 0 Å². The van der Waals surface area contributed by atoms with E-state index in [0.717, 1.165) is 0 Å². The summed E-state index contributed by atoms with van der Waals surface area (Å²) in [5.41, 5.74) is 7.09. The van der Waals surface area contributed by atoms with E-state index in [-0.39, 0.29) is 16.7 Å². The number of hydrogen-bond donors (Lipinski definition) is 2. The van der Waals surface area contributed by atoms with Gasteiger partial charge in [0.1, 0.15) is 0 Å². The molecule has 0 atom stereocenters. The van der Waals surface area contributed by atoms with Crippen LogP contribution in [0.5, 0.6) is 0 Å². The molecule has 0 radical (unpaired) electrons. The first-order valence-electron chi connectivity index (χ1n) is 4.78. The van der Waals surface area contributed by atoms with Gasteiger partial charge in [-0.05, 0) is 61.7 Å². The molecular weight excluding hydrogens is 387 g/mol. The third-order valence-electron chi connectivity index (χ3n) is 2.17. The molecule has 2 aromatic rings. The minimum absolute atomic E-state index is 0.0511. The molecule has 0 saturated heterocycles. The van der Waals surface area contributed by atoms with Gasteiger partial charge < -0.3 is 15.5 Å². The topological polar surface area (TPSA) is 68.3 Å². The lowest BCUT2D eigenvalue weighted by atomic mass is 10.2. The highest BCUT2D eigenvalue weighted by atomic mass is 79.9. The van der Waals surface area contributed by atoms with Crippen molar-refractivity contribution in [2.45, 2.75) is 0 Å². The van der Waals surface area contributed by atoms with Gasteiger partial charge in [0.2, 0.25) is 5.22 Å². The standard InChI is InChI=1S/C11H7Br2ClN2O2/c12-7-3-5(15)4-8(13)9(7)16-11(17)6-1-2-18-10(6)14/h1-4H,15H2,(H,16,17). The normalized spacial score (nSPS) is 10.4. The second-order valence-corrected chi connectivity index (χ2v) is 5.47. The molecule has 0 unspecified atom stereocenters. The predicted octanol–water partition coefficient (Wildman–Crippen LogP) is 4.29. The van der Waals surface area contributed by atoms with Crippen molar-refractivity contribution in [1.29, 1.82) is 0 Å². The molecule has 1 heterocycles. The minimum atomic E-state index is -0.361. The molecule has 0 fully saturated rings. The smallest absolute Gasteiger partial charge is 0.260 e. The van der Waals surface area contributed by atoms with Crippen LogP contribution in [0.2, 0.25) is 5.22 Å². The molecule has 0 aliphatic carbocycles. The molecule has 0 aliphatic rings. The van der Waals surface area contributed by atoms with Crippen molar-refractivity contribution < 1.29 is 9.21 Å². The number of anilines is 2. The first-order valence-corrected chi connectivity index (χ1v) is 6.74. The fourth-order valence-electron chi connectivity index (χ4n) is 1.35. The average Bonchev–Trinajstić information content (AvgIpc) is 2.69. The number of halogens is 3. The molecule has 7 heteroatoms. The Morgan fingerprint density at radius 1 is 1.33 bits per heavy atom. The van der Waals surface area contributed by atoms with E-state index in [0.29, 0.717) is 20.3 Å². The zero-order chi connectivity index (χ0) is 13.3. The molecule has 2 rings (SSSR count). The van der Waals surface area contributed by atoms with Gasteiger partial charge >= 0.3 is 0 Å². The second-order valence-electron chi connectivity index (χ2n) is 3.42. The van der Waals surface area contributed by atoms with Crippen molar-refractivity contribution >= 4 is 60.7 Å². The number of nitrogen functional groups attached to an aromatic ring is 1. The highest BCUT2D eigenvalue weighted by molar-refractivity contribution is 9.11. The Morgan fingerprint density at radius 2 is 1.94 bits per heavy atom. The molecule has 1 aromatic heterocycles. The lowest BCUT2D eigenvalue weighted by molar-refractivity contribution is 0.102. The summed E-state index contributed by atoms with van der Waals surface area (Å²) in [6, 6.07) is 4.88. The van der Waals surface area contributed by atoms with Crippen molar-refractivity contribution in [3.05, 3.63) is 44.2 Å². The van der Waals surface area contributed by atoms with Crippen LogP contribution in [0.15, 0.2) is 37.8 Å². The zero-order valence-electron chi connectivity index (χ0n) is 8.84. The number of benzene rings is 1. The fraction of sp³-hybridized carbons (Fsp3) is 0. The van der Waals surface area contributed by atoms with E-state index >= 15 is 0 Å². The molecule has 18 heavy (non-hydrogen) atoms. The summed E-state index contributed by atoms with van der Waals surface area (Å²) in [6.45, 7) is 0. The maximum absolute atomic E-state index is 12.0. The summed E-state index contributed by atoms with van der Waals surface area (Å²) in [5, 5.41) is 2.77. The molecule has 4 nitrogen and oxygen atoms in total. The molecular formula is C11H7Br2ClN2O2. The Hall–Kier alpha value is -0.980. The number of nitrogens with two attached hydrogens (primary N) is 1. The average molecular weight is 394 g/mol. The Kier molecular flexibility index (Phi) is 3.99. The third-order valence-corrected chi connectivity index (χ3v) is 3.71. The lowest BCUT2D eigenvalue weighted by Crippen LogP contribution is -2.12. The van der Waals surface area contributed by atoms with E-state index in [9.17, 15) is 4.79 Å². The second kappa shape index (κ2) is 5.34. The summed E-state index contributed by atoms with van der Waals surface area (Å²) in [6.07, 6.45) is 1.35. The van der Waals surface area contributed by atoms with E-state index < -0.39 is 0 Å². The van der Waals surface area contributed by atoms with Crippen LogP contribution in [0.25, 0.3) is 0 Å². The number of carbonyl (C=O) groups is 1. The monoisotopic (exact) mass is 392 g/mol. The first-order chi connectivity index (χ1) is 8.49. The molecule has 94 valence electrons. The molecule has 0 bridgehead atoms. The van der Waals surface area contributed by atoms with Crippen molar-refractivity contribution in [3.8, 4) is 0 Å². The van der Waals surface area contributed by atoms with Gasteiger partial charge in [0.15, 0.2) is 0 Å². The number of amides is 1. The number of hydrogen-bond acceptors (Lipinski definition) is 3. The van der Waals surface area contributed by atoms with Crippen LogP contribution < -0.4 is 11.1 Å². The molecule has 0 spiro atoms. The van der Waals surface area contributed by atoms with E-state index in [1.165, 1.54) is 12.3 Å². The van der Waals surface area contributed by atoms with Gasteiger partial charge in [-0.25, -0.2) is 0 Å². The van der Waals surface area contributed by atoms with E-state index in [2.05, 4.69) is 37.2 Å². The first kappa shape index (κ1) is 13.5. The Morgan fingerprint density at radius 3 is 2.44 bits per heavy atom. The molecule has 0 saturated carbocycles.